The Morgan fingerprint density at radius 2 is 2.00 bits per heavy atom. The van der Waals surface area contributed by atoms with E-state index < -0.39 is 5.38 Å². The highest BCUT2D eigenvalue weighted by Crippen LogP contribution is 2.31. The first-order valence-corrected chi connectivity index (χ1v) is 6.99. The fourth-order valence-electron chi connectivity index (χ4n) is 1.54. The van der Waals surface area contributed by atoms with Crippen molar-refractivity contribution in [2.24, 2.45) is 0 Å². The van der Waals surface area contributed by atoms with Crippen molar-refractivity contribution in [2.45, 2.75) is 19.2 Å². The van der Waals surface area contributed by atoms with E-state index in [1.807, 2.05) is 13.8 Å². The first-order valence-electron chi connectivity index (χ1n) is 5.39. The second-order valence-electron chi connectivity index (χ2n) is 3.54. The van der Waals surface area contributed by atoms with Gasteiger partial charge in [0.1, 0.15) is 5.38 Å². The van der Waals surface area contributed by atoms with Crippen molar-refractivity contribution < 1.29 is 4.79 Å². The van der Waals surface area contributed by atoms with Gasteiger partial charge in [-0.3, -0.25) is 4.79 Å². The quantitative estimate of drug-likeness (QED) is 0.751. The van der Waals surface area contributed by atoms with E-state index in [0.29, 0.717) is 23.7 Å². The molecule has 0 saturated carbocycles. The van der Waals surface area contributed by atoms with E-state index in [9.17, 15) is 4.79 Å². The summed E-state index contributed by atoms with van der Waals surface area (Å²) in [5.74, 6) is -0.0976. The molecular weight excluding hydrogens is 325 g/mol. The lowest BCUT2D eigenvalue weighted by Crippen LogP contribution is -2.33. The normalized spacial score (nSPS) is 12.3. The van der Waals surface area contributed by atoms with Crippen LogP contribution in [-0.4, -0.2) is 23.9 Å². The Hall–Kier alpha value is -0.250. The molecule has 5 heteroatoms. The van der Waals surface area contributed by atoms with Crippen LogP contribution in [0.3, 0.4) is 0 Å². The predicted molar refractivity (Wildman–Crippen MR) is 75.7 cm³/mol. The molecule has 0 bridgehead atoms. The molecule has 94 valence electrons. The van der Waals surface area contributed by atoms with Gasteiger partial charge >= 0.3 is 0 Å². The summed E-state index contributed by atoms with van der Waals surface area (Å²) in [6.45, 7) is 5.16. The van der Waals surface area contributed by atoms with Crippen LogP contribution in [0.1, 0.15) is 24.8 Å². The van der Waals surface area contributed by atoms with E-state index in [-0.39, 0.29) is 5.91 Å². The average Bonchev–Trinajstić information content (AvgIpc) is 2.32. The Morgan fingerprint density at radius 3 is 2.53 bits per heavy atom. The minimum absolute atomic E-state index is 0.0976. The number of hydrogen-bond acceptors (Lipinski definition) is 1. The Balaban J connectivity index is 2.99. The summed E-state index contributed by atoms with van der Waals surface area (Å²) >= 11 is 15.5. The molecule has 0 aliphatic heterocycles. The highest BCUT2D eigenvalue weighted by atomic mass is 79.9. The zero-order valence-electron chi connectivity index (χ0n) is 9.71. The summed E-state index contributed by atoms with van der Waals surface area (Å²) in [4.78, 5) is 13.8. The number of benzene rings is 1. The second kappa shape index (κ2) is 6.62. The largest absolute Gasteiger partial charge is 0.342 e. The number of carbonyl (C=O) groups is 1. The van der Waals surface area contributed by atoms with Gasteiger partial charge in [0.05, 0.1) is 0 Å². The van der Waals surface area contributed by atoms with Gasteiger partial charge in [0, 0.05) is 22.6 Å². The summed E-state index contributed by atoms with van der Waals surface area (Å²) in [5, 5.41) is -0.135. The number of carbonyl (C=O) groups excluding carboxylic acids is 1. The third-order valence-electron chi connectivity index (χ3n) is 2.52. The predicted octanol–water partition coefficient (Wildman–Crippen LogP) is 4.25. The number of halogens is 3. The molecule has 0 fully saturated rings. The number of nitrogens with zero attached hydrogens (tertiary/aromatic N) is 1. The van der Waals surface area contributed by atoms with Crippen LogP contribution >= 0.6 is 39.1 Å². The zero-order chi connectivity index (χ0) is 13.0. The van der Waals surface area contributed by atoms with Crippen molar-refractivity contribution >= 4 is 45.0 Å². The molecule has 0 aromatic heterocycles. The van der Waals surface area contributed by atoms with E-state index in [1.165, 1.54) is 0 Å². The van der Waals surface area contributed by atoms with Crippen molar-refractivity contribution in [1.82, 2.24) is 4.90 Å². The van der Waals surface area contributed by atoms with Gasteiger partial charge in [-0.2, -0.15) is 0 Å². The second-order valence-corrected chi connectivity index (χ2v) is 5.27. The molecule has 0 spiro atoms. The highest BCUT2D eigenvalue weighted by molar-refractivity contribution is 9.10. The third kappa shape index (κ3) is 3.60. The molecule has 17 heavy (non-hydrogen) atoms. The first-order chi connectivity index (χ1) is 8.01. The van der Waals surface area contributed by atoms with Crippen LogP contribution in [-0.2, 0) is 4.79 Å². The maximum absolute atomic E-state index is 12.1. The summed E-state index contributed by atoms with van der Waals surface area (Å²) in [6.07, 6.45) is 0. The molecule has 1 aromatic rings. The summed E-state index contributed by atoms with van der Waals surface area (Å²) < 4.78 is 0.794. The molecule has 1 aromatic carbocycles. The van der Waals surface area contributed by atoms with E-state index in [0.717, 1.165) is 4.47 Å². The van der Waals surface area contributed by atoms with Gasteiger partial charge in [-0.05, 0) is 37.6 Å². The van der Waals surface area contributed by atoms with Crippen molar-refractivity contribution in [1.29, 1.82) is 0 Å². The molecule has 0 saturated heterocycles. The van der Waals surface area contributed by atoms with Gasteiger partial charge in [-0.15, -0.1) is 11.6 Å². The van der Waals surface area contributed by atoms with Gasteiger partial charge in [0.2, 0.25) is 5.91 Å². The van der Waals surface area contributed by atoms with Crippen LogP contribution in [0.15, 0.2) is 22.7 Å². The number of rotatable bonds is 4. The van der Waals surface area contributed by atoms with Crippen molar-refractivity contribution in [3.8, 4) is 0 Å². The van der Waals surface area contributed by atoms with Crippen molar-refractivity contribution in [3.05, 3.63) is 33.3 Å². The molecule has 0 radical (unpaired) electrons. The topological polar surface area (TPSA) is 20.3 Å². The molecule has 0 heterocycles. The maximum Gasteiger partial charge on any atom is 0.245 e. The molecule has 1 atom stereocenters. The zero-order valence-corrected chi connectivity index (χ0v) is 12.8. The van der Waals surface area contributed by atoms with Gasteiger partial charge in [0.25, 0.3) is 0 Å². The monoisotopic (exact) mass is 337 g/mol. The third-order valence-corrected chi connectivity index (χ3v) is 3.90. The van der Waals surface area contributed by atoms with Crippen LogP contribution in [0, 0.1) is 0 Å². The smallest absolute Gasteiger partial charge is 0.245 e. The lowest BCUT2D eigenvalue weighted by molar-refractivity contribution is -0.130. The fraction of sp³-hybridized carbons (Fsp3) is 0.417. The number of hydrogen-bond donors (Lipinski definition) is 0. The first kappa shape index (κ1) is 14.8. The molecule has 0 aliphatic carbocycles. The van der Waals surface area contributed by atoms with E-state index in [1.54, 1.807) is 23.1 Å². The standard InChI is InChI=1S/C12H14BrCl2NO/c1-3-16(4-2)12(17)11(15)9-7-8(14)5-6-10(9)13/h5-7,11H,3-4H2,1-2H3. The van der Waals surface area contributed by atoms with Crippen LogP contribution in [0.5, 0.6) is 0 Å². The lowest BCUT2D eigenvalue weighted by Gasteiger charge is -2.22. The SMILES string of the molecule is CCN(CC)C(=O)C(Cl)c1cc(Cl)ccc1Br. The van der Waals surface area contributed by atoms with E-state index >= 15 is 0 Å². The molecule has 1 unspecified atom stereocenters. The number of likely N-dealkylation sites (N-methyl/N-ethyl adjacent to an activating group) is 1. The summed E-state index contributed by atoms with van der Waals surface area (Å²) in [7, 11) is 0. The number of alkyl halides is 1. The van der Waals surface area contributed by atoms with Gasteiger partial charge < -0.3 is 4.90 Å². The minimum atomic E-state index is -0.706. The molecule has 1 amide bonds. The van der Waals surface area contributed by atoms with Crippen molar-refractivity contribution in [2.75, 3.05) is 13.1 Å². The molecule has 1 rings (SSSR count). The Kier molecular flexibility index (Phi) is 5.77. The van der Waals surface area contributed by atoms with Gasteiger partial charge in [-0.25, -0.2) is 0 Å². The minimum Gasteiger partial charge on any atom is -0.342 e. The number of amides is 1. The van der Waals surface area contributed by atoms with Crippen molar-refractivity contribution in [3.63, 3.8) is 0 Å². The van der Waals surface area contributed by atoms with E-state index in [4.69, 9.17) is 23.2 Å². The van der Waals surface area contributed by atoms with Gasteiger partial charge in [0.15, 0.2) is 0 Å². The van der Waals surface area contributed by atoms with Crippen LogP contribution in [0.25, 0.3) is 0 Å². The summed E-state index contributed by atoms with van der Waals surface area (Å²) in [5.41, 5.74) is 0.705. The Morgan fingerprint density at radius 1 is 1.41 bits per heavy atom. The lowest BCUT2D eigenvalue weighted by atomic mass is 10.1. The van der Waals surface area contributed by atoms with E-state index in [2.05, 4.69) is 15.9 Å². The Bertz CT molecular complexity index is 407. The Labute approximate surface area is 120 Å². The van der Waals surface area contributed by atoms with Gasteiger partial charge in [-0.1, -0.05) is 27.5 Å². The highest BCUT2D eigenvalue weighted by Gasteiger charge is 2.24. The van der Waals surface area contributed by atoms with Crippen LogP contribution < -0.4 is 0 Å². The molecule has 2 nitrogen and oxygen atoms in total. The maximum atomic E-state index is 12.1. The molecule has 0 N–H and O–H groups in total. The van der Waals surface area contributed by atoms with Crippen LogP contribution in [0.4, 0.5) is 0 Å². The van der Waals surface area contributed by atoms with Crippen LogP contribution in [0.2, 0.25) is 5.02 Å². The molecule has 0 aliphatic rings. The fourth-order valence-corrected chi connectivity index (χ4v) is 2.64. The average molecular weight is 339 g/mol. The summed E-state index contributed by atoms with van der Waals surface area (Å²) in [6, 6.07) is 5.26. The molecular formula is C12H14BrCl2NO.